The third-order valence-corrected chi connectivity index (χ3v) is 2.57. The third kappa shape index (κ3) is 1.48. The van der Waals surface area contributed by atoms with E-state index in [1.807, 2.05) is 31.2 Å². The molecule has 0 saturated heterocycles. The number of alkyl halides is 1. The summed E-state index contributed by atoms with van der Waals surface area (Å²) in [6.07, 6.45) is 1.64. The summed E-state index contributed by atoms with van der Waals surface area (Å²) in [4.78, 5) is 11.6. The van der Waals surface area contributed by atoms with E-state index in [9.17, 15) is 4.79 Å². The predicted octanol–water partition coefficient (Wildman–Crippen LogP) is 2.63. The van der Waals surface area contributed by atoms with Crippen molar-refractivity contribution in [2.75, 3.05) is 0 Å². The van der Waals surface area contributed by atoms with Crippen molar-refractivity contribution in [2.45, 2.75) is 11.8 Å². The molecule has 2 nitrogen and oxygen atoms in total. The molecule has 1 aliphatic rings. The van der Waals surface area contributed by atoms with E-state index in [0.29, 0.717) is 5.57 Å². The SMILES string of the molecule is CC(Br)C(=O)C1=C[N]c2ccccc21. The topological polar surface area (TPSA) is 31.2 Å². The van der Waals surface area contributed by atoms with Crippen LogP contribution in [0, 0.1) is 0 Å². The highest BCUT2D eigenvalue weighted by molar-refractivity contribution is 9.10. The van der Waals surface area contributed by atoms with Crippen LogP contribution in [0.3, 0.4) is 0 Å². The number of hydrogen-bond donors (Lipinski definition) is 0. The van der Waals surface area contributed by atoms with E-state index in [2.05, 4.69) is 21.2 Å². The van der Waals surface area contributed by atoms with Gasteiger partial charge in [-0.1, -0.05) is 34.1 Å². The second-order valence-electron chi connectivity index (χ2n) is 3.17. The number of halogens is 1. The molecule has 0 fully saturated rings. The van der Waals surface area contributed by atoms with Crippen LogP contribution in [-0.2, 0) is 4.79 Å². The number of carbonyl (C=O) groups is 1. The quantitative estimate of drug-likeness (QED) is 0.743. The molecule has 0 saturated carbocycles. The third-order valence-electron chi connectivity index (χ3n) is 2.15. The molecular formula is C11H9BrNO. The second kappa shape index (κ2) is 3.58. The van der Waals surface area contributed by atoms with Crippen LogP contribution < -0.4 is 5.32 Å². The summed E-state index contributed by atoms with van der Waals surface area (Å²) >= 11 is 3.27. The number of allylic oxidation sites excluding steroid dienone is 1. The van der Waals surface area contributed by atoms with Crippen LogP contribution in [0.1, 0.15) is 12.5 Å². The average Bonchev–Trinajstić information content (AvgIpc) is 2.60. The monoisotopic (exact) mass is 250 g/mol. The van der Waals surface area contributed by atoms with Gasteiger partial charge in [0.25, 0.3) is 0 Å². The van der Waals surface area contributed by atoms with Crippen molar-refractivity contribution < 1.29 is 4.79 Å². The van der Waals surface area contributed by atoms with Gasteiger partial charge in [-0.05, 0) is 13.0 Å². The number of para-hydroxylation sites is 1. The molecule has 1 atom stereocenters. The first-order valence-corrected chi connectivity index (χ1v) is 5.30. The fourth-order valence-electron chi connectivity index (χ4n) is 1.43. The van der Waals surface area contributed by atoms with Crippen LogP contribution in [0.4, 0.5) is 5.69 Å². The summed E-state index contributed by atoms with van der Waals surface area (Å²) in [5, 5.41) is 4.18. The highest BCUT2D eigenvalue weighted by Gasteiger charge is 2.23. The van der Waals surface area contributed by atoms with Crippen LogP contribution in [-0.4, -0.2) is 10.6 Å². The number of ketones is 1. The molecule has 1 unspecified atom stereocenters. The van der Waals surface area contributed by atoms with E-state index in [1.165, 1.54) is 0 Å². The molecule has 1 aromatic carbocycles. The van der Waals surface area contributed by atoms with Gasteiger partial charge in [0.05, 0.1) is 10.5 Å². The normalized spacial score (nSPS) is 15.4. The summed E-state index contributed by atoms with van der Waals surface area (Å²) in [5.41, 5.74) is 2.51. The number of Topliss-reactive ketones (excluding diaryl/α,β-unsaturated/α-hetero) is 1. The zero-order valence-corrected chi connectivity index (χ0v) is 9.28. The summed E-state index contributed by atoms with van der Waals surface area (Å²) < 4.78 is 0. The van der Waals surface area contributed by atoms with Gasteiger partial charge in [-0.3, -0.25) is 10.1 Å². The van der Waals surface area contributed by atoms with Crippen molar-refractivity contribution in [3.05, 3.63) is 36.0 Å². The Morgan fingerprint density at radius 2 is 2.14 bits per heavy atom. The number of carbonyl (C=O) groups excluding carboxylic acids is 1. The van der Waals surface area contributed by atoms with Crippen molar-refractivity contribution in [3.8, 4) is 0 Å². The zero-order chi connectivity index (χ0) is 10.1. The maximum absolute atomic E-state index is 11.7. The molecule has 14 heavy (non-hydrogen) atoms. The lowest BCUT2D eigenvalue weighted by atomic mass is 10.0. The van der Waals surface area contributed by atoms with E-state index in [1.54, 1.807) is 6.20 Å². The minimum atomic E-state index is -0.157. The molecule has 0 aromatic heterocycles. The minimum Gasteiger partial charge on any atom is -0.293 e. The second-order valence-corrected chi connectivity index (χ2v) is 4.54. The number of fused-ring (bicyclic) bond motifs is 1. The summed E-state index contributed by atoms with van der Waals surface area (Å²) in [7, 11) is 0. The van der Waals surface area contributed by atoms with Gasteiger partial charge >= 0.3 is 0 Å². The van der Waals surface area contributed by atoms with Crippen LogP contribution in [0.5, 0.6) is 0 Å². The van der Waals surface area contributed by atoms with Crippen LogP contribution in [0.2, 0.25) is 0 Å². The Bertz CT molecular complexity index is 410. The maximum atomic E-state index is 11.7. The van der Waals surface area contributed by atoms with E-state index in [-0.39, 0.29) is 10.6 Å². The summed E-state index contributed by atoms with van der Waals surface area (Å²) in [6, 6.07) is 7.66. The molecule has 1 aliphatic heterocycles. The van der Waals surface area contributed by atoms with Gasteiger partial charge in [-0.15, -0.1) is 0 Å². The molecule has 0 N–H and O–H groups in total. The Balaban J connectivity index is 2.38. The summed E-state index contributed by atoms with van der Waals surface area (Å²) in [6.45, 7) is 1.82. The molecular weight excluding hydrogens is 242 g/mol. The molecule has 71 valence electrons. The first-order valence-electron chi connectivity index (χ1n) is 4.39. The van der Waals surface area contributed by atoms with E-state index < -0.39 is 0 Å². The molecule has 1 heterocycles. The standard InChI is InChI=1S/C11H9BrNO/c1-7(12)11(14)9-6-13-10-5-3-2-4-8(9)10/h2-7H,1H3. The van der Waals surface area contributed by atoms with Gasteiger partial charge in [-0.2, -0.15) is 0 Å². The number of rotatable bonds is 2. The van der Waals surface area contributed by atoms with Crippen LogP contribution >= 0.6 is 15.9 Å². The van der Waals surface area contributed by atoms with Gasteiger partial charge in [0.2, 0.25) is 0 Å². The molecule has 0 spiro atoms. The van der Waals surface area contributed by atoms with Gasteiger partial charge in [-0.25, -0.2) is 0 Å². The lowest BCUT2D eigenvalue weighted by molar-refractivity contribution is -0.112. The molecule has 0 aliphatic carbocycles. The first kappa shape index (κ1) is 9.46. The van der Waals surface area contributed by atoms with Gasteiger partial charge < -0.3 is 0 Å². The molecule has 1 radical (unpaired) electrons. The van der Waals surface area contributed by atoms with E-state index >= 15 is 0 Å². The number of benzene rings is 1. The number of nitrogens with zero attached hydrogens (tertiary/aromatic N) is 1. The predicted molar refractivity (Wildman–Crippen MR) is 59.6 cm³/mol. The smallest absolute Gasteiger partial charge is 0.178 e. The van der Waals surface area contributed by atoms with Crippen molar-refractivity contribution in [3.63, 3.8) is 0 Å². The highest BCUT2D eigenvalue weighted by atomic mass is 79.9. The van der Waals surface area contributed by atoms with Gasteiger partial charge in [0.1, 0.15) is 0 Å². The zero-order valence-electron chi connectivity index (χ0n) is 7.70. The minimum absolute atomic E-state index is 0.0821. The van der Waals surface area contributed by atoms with Gasteiger partial charge in [0.15, 0.2) is 5.78 Å². The average molecular weight is 251 g/mol. The summed E-state index contributed by atoms with van der Waals surface area (Å²) in [5.74, 6) is 0.0821. The molecule has 0 amide bonds. The fourth-order valence-corrected chi connectivity index (χ4v) is 1.67. The Kier molecular flexibility index (Phi) is 2.42. The van der Waals surface area contributed by atoms with Gasteiger partial charge in [0, 0.05) is 17.3 Å². The van der Waals surface area contributed by atoms with Crippen molar-refractivity contribution >= 4 is 33.0 Å². The Labute approximate surface area is 91.1 Å². The molecule has 3 heteroatoms. The maximum Gasteiger partial charge on any atom is 0.178 e. The highest BCUT2D eigenvalue weighted by Crippen LogP contribution is 2.31. The lowest BCUT2D eigenvalue weighted by Gasteiger charge is -2.04. The largest absolute Gasteiger partial charge is 0.293 e. The molecule has 0 bridgehead atoms. The Morgan fingerprint density at radius 3 is 2.86 bits per heavy atom. The fraction of sp³-hybridized carbons (Fsp3) is 0.182. The van der Waals surface area contributed by atoms with Crippen molar-refractivity contribution in [1.29, 1.82) is 0 Å². The molecule has 1 aromatic rings. The van der Waals surface area contributed by atoms with Crippen LogP contribution in [0.15, 0.2) is 30.5 Å². The van der Waals surface area contributed by atoms with Crippen LogP contribution in [0.25, 0.3) is 5.57 Å². The van der Waals surface area contributed by atoms with Crippen molar-refractivity contribution in [1.82, 2.24) is 5.32 Å². The molecule has 2 rings (SSSR count). The first-order chi connectivity index (χ1) is 6.70. The number of hydrogen-bond acceptors (Lipinski definition) is 1. The Hall–Kier alpha value is -1.09. The lowest BCUT2D eigenvalue weighted by Crippen LogP contribution is -2.10. The van der Waals surface area contributed by atoms with Crippen molar-refractivity contribution in [2.24, 2.45) is 0 Å². The van der Waals surface area contributed by atoms with E-state index in [0.717, 1.165) is 11.3 Å². The van der Waals surface area contributed by atoms with E-state index in [4.69, 9.17) is 0 Å². The Morgan fingerprint density at radius 1 is 1.43 bits per heavy atom.